The van der Waals surface area contributed by atoms with Crippen LogP contribution < -0.4 is 15.4 Å². The third-order valence-corrected chi connectivity index (χ3v) is 4.21. The van der Waals surface area contributed by atoms with Crippen molar-refractivity contribution in [2.24, 2.45) is 0 Å². The summed E-state index contributed by atoms with van der Waals surface area (Å²) >= 11 is 0. The number of nitrogens with one attached hydrogen (secondary N) is 2. The van der Waals surface area contributed by atoms with Gasteiger partial charge in [-0.2, -0.15) is 5.10 Å². The van der Waals surface area contributed by atoms with Crippen molar-refractivity contribution in [3.8, 4) is 11.6 Å². The molecule has 144 valence electrons. The zero-order chi connectivity index (χ0) is 19.9. The lowest BCUT2D eigenvalue weighted by Crippen LogP contribution is -2.37. The first-order chi connectivity index (χ1) is 13.5. The van der Waals surface area contributed by atoms with E-state index < -0.39 is 0 Å². The van der Waals surface area contributed by atoms with Crippen molar-refractivity contribution in [1.82, 2.24) is 15.5 Å². The summed E-state index contributed by atoms with van der Waals surface area (Å²) in [5, 5.41) is 14.1. The molecule has 6 heteroatoms. The molecule has 0 bridgehead atoms. The van der Waals surface area contributed by atoms with Crippen LogP contribution in [0, 0.1) is 13.8 Å². The molecule has 0 aliphatic heterocycles. The maximum Gasteiger partial charge on any atom is 0.242 e. The first-order valence-corrected chi connectivity index (χ1v) is 9.17. The number of benzene rings is 2. The Labute approximate surface area is 165 Å². The quantitative estimate of drug-likeness (QED) is 0.652. The number of rotatable bonds is 7. The molecular weight excluding hydrogens is 352 g/mol. The molecule has 2 N–H and O–H groups in total. The Morgan fingerprint density at radius 3 is 2.32 bits per heavy atom. The molecule has 0 radical (unpaired) electrons. The topological polar surface area (TPSA) is 76.1 Å². The molecule has 0 saturated carbocycles. The van der Waals surface area contributed by atoms with Gasteiger partial charge in [0.1, 0.15) is 11.8 Å². The molecule has 0 aliphatic rings. The molecule has 0 fully saturated rings. The van der Waals surface area contributed by atoms with Gasteiger partial charge in [0.05, 0.1) is 5.69 Å². The van der Waals surface area contributed by atoms with Crippen molar-refractivity contribution in [1.29, 1.82) is 0 Å². The average Bonchev–Trinajstić information content (AvgIpc) is 2.70. The number of anilines is 1. The standard InChI is InChI=1S/C22H24N4O2/c1-15-4-7-18(8-5-15)14-23-22(27)17(3)24-19-9-11-20(12-10-19)28-21-13-6-16(2)25-26-21/h4-13,17,24H,14H2,1-3H3,(H,23,27)/t17-/m1/s1. The summed E-state index contributed by atoms with van der Waals surface area (Å²) in [5.41, 5.74) is 3.95. The SMILES string of the molecule is Cc1ccc(CNC(=O)[C@@H](C)Nc2ccc(Oc3ccc(C)nn3)cc2)cc1. The fraction of sp³-hybridized carbons (Fsp3) is 0.227. The maximum atomic E-state index is 12.3. The Kier molecular flexibility index (Phi) is 6.22. The van der Waals surface area contributed by atoms with Crippen LogP contribution in [0.1, 0.15) is 23.7 Å². The number of hydrogen-bond acceptors (Lipinski definition) is 5. The van der Waals surface area contributed by atoms with Gasteiger partial charge >= 0.3 is 0 Å². The third kappa shape index (κ3) is 5.54. The molecule has 1 atom stereocenters. The predicted molar refractivity (Wildman–Crippen MR) is 109 cm³/mol. The second-order valence-corrected chi connectivity index (χ2v) is 6.71. The van der Waals surface area contributed by atoms with E-state index in [1.807, 2.05) is 75.4 Å². The molecule has 28 heavy (non-hydrogen) atoms. The molecule has 0 unspecified atom stereocenters. The minimum absolute atomic E-state index is 0.0594. The van der Waals surface area contributed by atoms with Gasteiger partial charge in [-0.1, -0.05) is 29.8 Å². The summed E-state index contributed by atoms with van der Waals surface area (Å²) in [6.45, 7) is 6.25. The molecule has 3 aromatic rings. The minimum atomic E-state index is -0.361. The predicted octanol–water partition coefficient (Wildman–Crippen LogP) is 4.00. The lowest BCUT2D eigenvalue weighted by atomic mass is 10.1. The molecule has 2 aromatic carbocycles. The Hall–Kier alpha value is -3.41. The van der Waals surface area contributed by atoms with E-state index in [1.165, 1.54) is 5.56 Å². The lowest BCUT2D eigenvalue weighted by Gasteiger charge is -2.16. The van der Waals surface area contributed by atoms with Crippen LogP contribution in [0.2, 0.25) is 0 Å². The summed E-state index contributed by atoms with van der Waals surface area (Å²) in [6.07, 6.45) is 0. The monoisotopic (exact) mass is 376 g/mol. The number of hydrogen-bond donors (Lipinski definition) is 2. The number of nitrogens with zero attached hydrogens (tertiary/aromatic N) is 2. The molecule has 6 nitrogen and oxygen atoms in total. The van der Waals surface area contributed by atoms with Crippen molar-refractivity contribution < 1.29 is 9.53 Å². The zero-order valence-corrected chi connectivity index (χ0v) is 16.3. The Morgan fingerprint density at radius 2 is 1.68 bits per heavy atom. The van der Waals surface area contributed by atoms with Gasteiger partial charge in [0, 0.05) is 18.3 Å². The van der Waals surface area contributed by atoms with Crippen LogP contribution in [0.3, 0.4) is 0 Å². The van der Waals surface area contributed by atoms with Gasteiger partial charge in [-0.05, 0) is 56.7 Å². The van der Waals surface area contributed by atoms with E-state index >= 15 is 0 Å². The highest BCUT2D eigenvalue weighted by Gasteiger charge is 2.12. The summed E-state index contributed by atoms with van der Waals surface area (Å²) < 4.78 is 5.66. The highest BCUT2D eigenvalue weighted by Crippen LogP contribution is 2.21. The van der Waals surface area contributed by atoms with E-state index in [4.69, 9.17) is 4.74 Å². The van der Waals surface area contributed by atoms with Gasteiger partial charge in [0.2, 0.25) is 11.8 Å². The van der Waals surface area contributed by atoms with Crippen LogP contribution in [0.25, 0.3) is 0 Å². The van der Waals surface area contributed by atoms with Crippen LogP contribution >= 0.6 is 0 Å². The van der Waals surface area contributed by atoms with Crippen molar-refractivity contribution in [2.75, 3.05) is 5.32 Å². The number of amides is 1. The second-order valence-electron chi connectivity index (χ2n) is 6.71. The van der Waals surface area contributed by atoms with E-state index in [1.54, 1.807) is 6.07 Å². The molecule has 1 aromatic heterocycles. The number of ether oxygens (including phenoxy) is 1. The highest BCUT2D eigenvalue weighted by atomic mass is 16.5. The molecule has 1 heterocycles. The van der Waals surface area contributed by atoms with E-state index in [2.05, 4.69) is 20.8 Å². The molecular formula is C22H24N4O2. The first kappa shape index (κ1) is 19.4. The molecule has 0 saturated heterocycles. The van der Waals surface area contributed by atoms with Crippen LogP contribution in [-0.2, 0) is 11.3 Å². The molecule has 0 spiro atoms. The number of aromatic nitrogens is 2. The first-order valence-electron chi connectivity index (χ1n) is 9.17. The van der Waals surface area contributed by atoms with E-state index in [-0.39, 0.29) is 11.9 Å². The largest absolute Gasteiger partial charge is 0.438 e. The molecule has 0 aliphatic carbocycles. The van der Waals surface area contributed by atoms with Gasteiger partial charge in [-0.3, -0.25) is 4.79 Å². The summed E-state index contributed by atoms with van der Waals surface area (Å²) in [4.78, 5) is 12.3. The maximum absolute atomic E-state index is 12.3. The van der Waals surface area contributed by atoms with Gasteiger partial charge in [0.15, 0.2) is 0 Å². The van der Waals surface area contributed by atoms with Crippen LogP contribution in [0.5, 0.6) is 11.6 Å². The van der Waals surface area contributed by atoms with E-state index in [9.17, 15) is 4.79 Å². The third-order valence-electron chi connectivity index (χ3n) is 4.21. The molecule has 3 rings (SSSR count). The van der Waals surface area contributed by atoms with Gasteiger partial charge in [0.25, 0.3) is 0 Å². The van der Waals surface area contributed by atoms with Crippen LogP contribution in [0.15, 0.2) is 60.7 Å². The zero-order valence-electron chi connectivity index (χ0n) is 16.3. The van der Waals surface area contributed by atoms with Crippen molar-refractivity contribution >= 4 is 11.6 Å². The average molecular weight is 376 g/mol. The molecule has 1 amide bonds. The van der Waals surface area contributed by atoms with E-state index in [0.717, 1.165) is 16.9 Å². The van der Waals surface area contributed by atoms with Gasteiger partial charge < -0.3 is 15.4 Å². The summed E-state index contributed by atoms with van der Waals surface area (Å²) in [7, 11) is 0. The fourth-order valence-corrected chi connectivity index (χ4v) is 2.54. The van der Waals surface area contributed by atoms with E-state index in [0.29, 0.717) is 18.2 Å². The van der Waals surface area contributed by atoms with Crippen molar-refractivity contribution in [3.63, 3.8) is 0 Å². The van der Waals surface area contributed by atoms with Crippen molar-refractivity contribution in [2.45, 2.75) is 33.4 Å². The van der Waals surface area contributed by atoms with Crippen LogP contribution in [0.4, 0.5) is 5.69 Å². The normalized spacial score (nSPS) is 11.5. The van der Waals surface area contributed by atoms with Gasteiger partial charge in [-0.15, -0.1) is 5.10 Å². The Morgan fingerprint density at radius 1 is 0.964 bits per heavy atom. The smallest absolute Gasteiger partial charge is 0.242 e. The number of aryl methyl sites for hydroxylation is 2. The minimum Gasteiger partial charge on any atom is -0.438 e. The Balaban J connectivity index is 1.50. The summed E-state index contributed by atoms with van der Waals surface area (Å²) in [5.74, 6) is 1.03. The fourth-order valence-electron chi connectivity index (χ4n) is 2.54. The Bertz CT molecular complexity index is 907. The van der Waals surface area contributed by atoms with Crippen LogP contribution in [-0.4, -0.2) is 22.1 Å². The number of carbonyl (C=O) groups is 1. The van der Waals surface area contributed by atoms with Crippen molar-refractivity contribution in [3.05, 3.63) is 77.5 Å². The summed E-state index contributed by atoms with van der Waals surface area (Å²) in [6, 6.07) is 18.7. The highest BCUT2D eigenvalue weighted by molar-refractivity contribution is 5.84. The lowest BCUT2D eigenvalue weighted by molar-refractivity contribution is -0.121. The second kappa shape index (κ2) is 8.99. The number of carbonyl (C=O) groups excluding carboxylic acids is 1. The van der Waals surface area contributed by atoms with Gasteiger partial charge in [-0.25, -0.2) is 0 Å².